The summed E-state index contributed by atoms with van der Waals surface area (Å²) in [6.07, 6.45) is 9.51. The van der Waals surface area contributed by atoms with Gasteiger partial charge in [-0.05, 0) is 63.1 Å². The van der Waals surface area contributed by atoms with E-state index in [0.717, 1.165) is 42.5 Å². The van der Waals surface area contributed by atoms with E-state index in [9.17, 15) is 0 Å². The van der Waals surface area contributed by atoms with E-state index in [0.29, 0.717) is 5.95 Å². The molecule has 0 spiro atoms. The molecule has 4 nitrogen and oxygen atoms in total. The van der Waals surface area contributed by atoms with Gasteiger partial charge in [-0.1, -0.05) is 35.4 Å². The van der Waals surface area contributed by atoms with Gasteiger partial charge in [0.2, 0.25) is 5.95 Å². The molecule has 0 amide bonds. The Balaban J connectivity index is 1.49. The SMILES string of the molecule is Cc1cc(NCCc2cccc(Cl)c2)nc(NCCC2=CCCCC2)n1. The molecule has 0 atom stereocenters. The second-order valence-electron chi connectivity index (χ2n) is 6.81. The van der Waals surface area contributed by atoms with Crippen LogP contribution in [-0.4, -0.2) is 23.1 Å². The van der Waals surface area contributed by atoms with Crippen LogP contribution in [0.1, 0.15) is 43.4 Å². The van der Waals surface area contributed by atoms with E-state index < -0.39 is 0 Å². The van der Waals surface area contributed by atoms with Crippen molar-refractivity contribution in [3.63, 3.8) is 0 Å². The van der Waals surface area contributed by atoms with Gasteiger partial charge in [0.1, 0.15) is 5.82 Å². The average Bonchev–Trinajstić information content (AvgIpc) is 2.62. The second kappa shape index (κ2) is 9.58. The minimum Gasteiger partial charge on any atom is -0.370 e. The lowest BCUT2D eigenvalue weighted by atomic mass is 9.97. The van der Waals surface area contributed by atoms with Crippen LogP contribution in [-0.2, 0) is 6.42 Å². The fraction of sp³-hybridized carbons (Fsp3) is 0.429. The Morgan fingerprint density at radius 3 is 2.73 bits per heavy atom. The summed E-state index contributed by atoms with van der Waals surface area (Å²) in [6, 6.07) is 9.95. The van der Waals surface area contributed by atoms with Crippen molar-refractivity contribution in [2.45, 2.75) is 45.4 Å². The fourth-order valence-electron chi connectivity index (χ4n) is 3.23. The molecule has 0 saturated carbocycles. The highest BCUT2D eigenvalue weighted by atomic mass is 35.5. The smallest absolute Gasteiger partial charge is 0.224 e. The molecule has 0 bridgehead atoms. The number of hydrogen-bond donors (Lipinski definition) is 2. The van der Waals surface area contributed by atoms with Crippen LogP contribution in [0.5, 0.6) is 0 Å². The monoisotopic (exact) mass is 370 g/mol. The van der Waals surface area contributed by atoms with Crippen molar-refractivity contribution in [1.82, 2.24) is 9.97 Å². The number of benzene rings is 1. The van der Waals surface area contributed by atoms with Gasteiger partial charge in [0, 0.05) is 29.9 Å². The summed E-state index contributed by atoms with van der Waals surface area (Å²) in [5.41, 5.74) is 3.75. The quantitative estimate of drug-likeness (QED) is 0.611. The first-order valence-electron chi connectivity index (χ1n) is 9.45. The molecule has 2 aromatic rings. The van der Waals surface area contributed by atoms with E-state index in [1.165, 1.54) is 31.2 Å². The van der Waals surface area contributed by atoms with Gasteiger partial charge in [0.05, 0.1) is 0 Å². The first-order valence-corrected chi connectivity index (χ1v) is 9.82. The van der Waals surface area contributed by atoms with Gasteiger partial charge in [0.25, 0.3) is 0 Å². The predicted molar refractivity (Wildman–Crippen MR) is 110 cm³/mol. The number of nitrogens with one attached hydrogen (secondary N) is 2. The first kappa shape index (κ1) is 18.7. The van der Waals surface area contributed by atoms with Crippen LogP contribution in [0.25, 0.3) is 0 Å². The molecule has 1 aromatic carbocycles. The molecule has 0 radical (unpaired) electrons. The van der Waals surface area contributed by atoms with Gasteiger partial charge in [-0.15, -0.1) is 0 Å². The lowest BCUT2D eigenvalue weighted by molar-refractivity contribution is 0.679. The Morgan fingerprint density at radius 1 is 1.04 bits per heavy atom. The standard InChI is InChI=1S/C21H27ClN4/c1-16-14-20(23-12-11-18-8-5-9-19(22)15-18)26-21(25-16)24-13-10-17-6-3-2-4-7-17/h5-6,8-9,14-15H,2-4,7,10-13H2,1H3,(H2,23,24,25,26). The van der Waals surface area contributed by atoms with Crippen molar-refractivity contribution in [3.05, 3.63) is 58.3 Å². The van der Waals surface area contributed by atoms with Gasteiger partial charge in [-0.3, -0.25) is 0 Å². The van der Waals surface area contributed by atoms with Crippen molar-refractivity contribution in [2.24, 2.45) is 0 Å². The molecule has 26 heavy (non-hydrogen) atoms. The summed E-state index contributed by atoms with van der Waals surface area (Å²) < 4.78 is 0. The highest BCUT2D eigenvalue weighted by Gasteiger charge is 2.05. The molecule has 138 valence electrons. The number of hydrogen-bond acceptors (Lipinski definition) is 4. The van der Waals surface area contributed by atoms with Crippen LogP contribution in [0.4, 0.5) is 11.8 Å². The van der Waals surface area contributed by atoms with Gasteiger partial charge in [-0.2, -0.15) is 4.98 Å². The maximum absolute atomic E-state index is 6.03. The number of aromatic nitrogens is 2. The molecule has 2 N–H and O–H groups in total. The van der Waals surface area contributed by atoms with E-state index in [1.54, 1.807) is 5.57 Å². The molecule has 0 aliphatic heterocycles. The summed E-state index contributed by atoms with van der Waals surface area (Å²) in [7, 11) is 0. The third kappa shape index (κ3) is 6.03. The topological polar surface area (TPSA) is 49.8 Å². The molecule has 1 aliphatic carbocycles. The Kier molecular flexibility index (Phi) is 6.89. The fourth-order valence-corrected chi connectivity index (χ4v) is 3.45. The number of allylic oxidation sites excluding steroid dienone is 1. The summed E-state index contributed by atoms with van der Waals surface area (Å²) in [6.45, 7) is 3.69. The van der Waals surface area contributed by atoms with Gasteiger partial charge >= 0.3 is 0 Å². The Hall–Kier alpha value is -2.07. The Labute approximate surface area is 161 Å². The molecule has 1 aliphatic rings. The minimum absolute atomic E-state index is 0.701. The van der Waals surface area contributed by atoms with E-state index >= 15 is 0 Å². The lowest BCUT2D eigenvalue weighted by Gasteiger charge is -2.13. The third-order valence-corrected chi connectivity index (χ3v) is 4.81. The molecule has 1 aromatic heterocycles. The van der Waals surface area contributed by atoms with E-state index in [2.05, 4.69) is 32.7 Å². The molecule has 5 heteroatoms. The molecular formula is C21H27ClN4. The highest BCUT2D eigenvalue weighted by molar-refractivity contribution is 6.30. The van der Waals surface area contributed by atoms with Gasteiger partial charge < -0.3 is 10.6 Å². The van der Waals surface area contributed by atoms with Crippen LogP contribution >= 0.6 is 11.6 Å². The molecule has 0 unspecified atom stereocenters. The molecule has 0 fully saturated rings. The van der Waals surface area contributed by atoms with Crippen molar-refractivity contribution < 1.29 is 0 Å². The third-order valence-electron chi connectivity index (χ3n) is 4.58. The average molecular weight is 371 g/mol. The maximum Gasteiger partial charge on any atom is 0.224 e. The summed E-state index contributed by atoms with van der Waals surface area (Å²) in [5, 5.41) is 7.53. The zero-order valence-electron chi connectivity index (χ0n) is 15.4. The van der Waals surface area contributed by atoms with Crippen LogP contribution < -0.4 is 10.6 Å². The second-order valence-corrected chi connectivity index (χ2v) is 7.25. The van der Waals surface area contributed by atoms with Crippen LogP contribution in [0.3, 0.4) is 0 Å². The zero-order chi connectivity index (χ0) is 18.2. The maximum atomic E-state index is 6.03. The molecule has 3 rings (SSSR count). The van der Waals surface area contributed by atoms with E-state index in [4.69, 9.17) is 11.6 Å². The highest BCUT2D eigenvalue weighted by Crippen LogP contribution is 2.20. The summed E-state index contributed by atoms with van der Waals surface area (Å²) in [4.78, 5) is 9.08. The largest absolute Gasteiger partial charge is 0.370 e. The van der Waals surface area contributed by atoms with Gasteiger partial charge in [0.15, 0.2) is 0 Å². The number of aryl methyl sites for hydroxylation is 1. The normalized spacial score (nSPS) is 14.0. The first-order chi connectivity index (χ1) is 12.7. The lowest BCUT2D eigenvalue weighted by Crippen LogP contribution is -2.11. The number of anilines is 2. The van der Waals surface area contributed by atoms with E-state index in [-0.39, 0.29) is 0 Å². The predicted octanol–water partition coefficient (Wildman–Crippen LogP) is 5.40. The van der Waals surface area contributed by atoms with Crippen molar-refractivity contribution in [1.29, 1.82) is 0 Å². The van der Waals surface area contributed by atoms with Crippen molar-refractivity contribution in [3.8, 4) is 0 Å². The Bertz CT molecular complexity index is 757. The summed E-state index contributed by atoms with van der Waals surface area (Å²) >= 11 is 6.03. The number of halogens is 1. The van der Waals surface area contributed by atoms with Crippen molar-refractivity contribution >= 4 is 23.4 Å². The minimum atomic E-state index is 0.701. The van der Waals surface area contributed by atoms with Crippen LogP contribution in [0.15, 0.2) is 42.0 Å². The van der Waals surface area contributed by atoms with E-state index in [1.807, 2.05) is 31.2 Å². The van der Waals surface area contributed by atoms with Gasteiger partial charge in [-0.25, -0.2) is 4.98 Å². The molecular weight excluding hydrogens is 344 g/mol. The van der Waals surface area contributed by atoms with Crippen LogP contribution in [0, 0.1) is 6.92 Å². The van der Waals surface area contributed by atoms with Crippen molar-refractivity contribution in [2.75, 3.05) is 23.7 Å². The van der Waals surface area contributed by atoms with Crippen LogP contribution in [0.2, 0.25) is 5.02 Å². The molecule has 0 saturated heterocycles. The summed E-state index contributed by atoms with van der Waals surface area (Å²) in [5.74, 6) is 1.56. The zero-order valence-corrected chi connectivity index (χ0v) is 16.1. The molecule has 1 heterocycles. The number of nitrogens with zero attached hydrogens (tertiary/aromatic N) is 2. The Morgan fingerprint density at radius 2 is 1.92 bits per heavy atom. The number of rotatable bonds is 8.